The van der Waals surface area contributed by atoms with Gasteiger partial charge >= 0.3 is 0 Å². The van der Waals surface area contributed by atoms with E-state index in [0.29, 0.717) is 23.4 Å². The molecule has 150 valence electrons. The Labute approximate surface area is 173 Å². The van der Waals surface area contributed by atoms with Gasteiger partial charge in [-0.1, -0.05) is 24.3 Å². The van der Waals surface area contributed by atoms with Crippen LogP contribution in [0.5, 0.6) is 5.75 Å². The number of hydrogen-bond acceptors (Lipinski definition) is 4. The Morgan fingerprint density at radius 1 is 0.967 bits per heavy atom. The highest BCUT2D eigenvalue weighted by molar-refractivity contribution is 5.94. The van der Waals surface area contributed by atoms with Gasteiger partial charge in [0.25, 0.3) is 5.91 Å². The monoisotopic (exact) mass is 401 g/mol. The second kappa shape index (κ2) is 8.69. The molecule has 0 N–H and O–H groups in total. The summed E-state index contributed by atoms with van der Waals surface area (Å²) in [6.07, 6.45) is 1.64. The topological polar surface area (TPSA) is 55.3 Å². The van der Waals surface area contributed by atoms with Gasteiger partial charge in [-0.15, -0.1) is 0 Å². The van der Waals surface area contributed by atoms with Gasteiger partial charge in [0.15, 0.2) is 5.65 Å². The molecule has 0 radical (unpaired) electrons. The molecule has 0 unspecified atom stereocenters. The molecule has 2 heterocycles. The van der Waals surface area contributed by atoms with E-state index in [2.05, 4.69) is 9.97 Å². The van der Waals surface area contributed by atoms with Crippen LogP contribution in [0.25, 0.3) is 11.0 Å². The Balaban J connectivity index is 1.65. The minimum absolute atomic E-state index is 0.248. The summed E-state index contributed by atoms with van der Waals surface area (Å²) in [5.41, 5.74) is 2.44. The lowest BCUT2D eigenvalue weighted by Crippen LogP contribution is -2.30. The van der Waals surface area contributed by atoms with E-state index in [1.165, 1.54) is 12.1 Å². The zero-order chi connectivity index (χ0) is 20.9. The van der Waals surface area contributed by atoms with Crippen LogP contribution in [-0.4, -0.2) is 27.9 Å². The predicted octanol–water partition coefficient (Wildman–Crippen LogP) is 4.62. The molecule has 0 aliphatic carbocycles. The van der Waals surface area contributed by atoms with Gasteiger partial charge in [-0.05, 0) is 59.7 Å². The normalized spacial score (nSPS) is 10.7. The average molecular weight is 401 g/mol. The second-order valence-electron chi connectivity index (χ2n) is 6.89. The summed E-state index contributed by atoms with van der Waals surface area (Å²) in [6.45, 7) is 0.603. The van der Waals surface area contributed by atoms with Crippen LogP contribution in [0.4, 0.5) is 4.39 Å². The number of carbonyl (C=O) groups is 1. The number of pyridine rings is 2. The number of methoxy groups -OCH3 is 1. The van der Waals surface area contributed by atoms with Crippen molar-refractivity contribution in [2.24, 2.45) is 0 Å². The molecule has 0 aliphatic rings. The van der Waals surface area contributed by atoms with E-state index in [4.69, 9.17) is 4.74 Å². The van der Waals surface area contributed by atoms with E-state index in [1.54, 1.807) is 36.4 Å². The number of carbonyl (C=O) groups excluding carboxylic acids is 1. The summed E-state index contributed by atoms with van der Waals surface area (Å²) >= 11 is 0. The molecule has 0 bridgehead atoms. The Kier molecular flexibility index (Phi) is 5.66. The zero-order valence-electron chi connectivity index (χ0n) is 16.5. The molecule has 0 saturated carbocycles. The van der Waals surface area contributed by atoms with Crippen LogP contribution >= 0.6 is 0 Å². The standard InChI is InChI=1S/C24H20FN3O2/c1-30-21-10-7-17(8-11-21)15-28(16-18-4-2-6-20(25)14-18)24(29)22-12-9-19-5-3-13-26-23(19)27-22/h2-14H,15-16H2,1H3. The maximum atomic E-state index is 13.7. The van der Waals surface area contributed by atoms with Gasteiger partial charge in [0.1, 0.15) is 17.3 Å². The van der Waals surface area contributed by atoms with E-state index in [1.807, 2.05) is 42.5 Å². The van der Waals surface area contributed by atoms with Crippen LogP contribution in [0.3, 0.4) is 0 Å². The van der Waals surface area contributed by atoms with E-state index in [-0.39, 0.29) is 18.3 Å². The number of aromatic nitrogens is 2. The van der Waals surface area contributed by atoms with E-state index >= 15 is 0 Å². The second-order valence-corrected chi connectivity index (χ2v) is 6.89. The summed E-state index contributed by atoms with van der Waals surface area (Å²) in [6, 6.07) is 21.0. The Hall–Kier alpha value is -3.80. The molecule has 0 atom stereocenters. The SMILES string of the molecule is COc1ccc(CN(Cc2cccc(F)c2)C(=O)c2ccc3cccnc3n2)cc1. The summed E-state index contributed by atoms with van der Waals surface area (Å²) in [5, 5.41) is 0.862. The zero-order valence-corrected chi connectivity index (χ0v) is 16.5. The van der Waals surface area contributed by atoms with Crippen LogP contribution in [0.2, 0.25) is 0 Å². The number of ether oxygens (including phenoxy) is 1. The van der Waals surface area contributed by atoms with Crippen LogP contribution in [-0.2, 0) is 13.1 Å². The number of halogens is 1. The van der Waals surface area contributed by atoms with Crippen LogP contribution in [0.1, 0.15) is 21.6 Å². The first kappa shape index (κ1) is 19.5. The molecule has 1 amide bonds. The molecule has 2 aromatic heterocycles. The van der Waals surface area contributed by atoms with Gasteiger partial charge in [0.2, 0.25) is 0 Å². The van der Waals surface area contributed by atoms with Crippen molar-refractivity contribution < 1.29 is 13.9 Å². The molecule has 0 fully saturated rings. The minimum Gasteiger partial charge on any atom is -0.497 e. The van der Waals surface area contributed by atoms with E-state index in [0.717, 1.165) is 16.7 Å². The first-order valence-electron chi connectivity index (χ1n) is 9.51. The highest BCUT2D eigenvalue weighted by Crippen LogP contribution is 2.18. The summed E-state index contributed by atoms with van der Waals surface area (Å²) in [7, 11) is 1.61. The lowest BCUT2D eigenvalue weighted by Gasteiger charge is -2.23. The maximum Gasteiger partial charge on any atom is 0.273 e. The van der Waals surface area contributed by atoms with Gasteiger partial charge in [0, 0.05) is 24.7 Å². The van der Waals surface area contributed by atoms with Crippen molar-refractivity contribution in [3.8, 4) is 5.75 Å². The van der Waals surface area contributed by atoms with Crippen molar-refractivity contribution in [3.05, 3.63) is 102 Å². The number of benzene rings is 2. The van der Waals surface area contributed by atoms with Gasteiger partial charge in [-0.2, -0.15) is 0 Å². The van der Waals surface area contributed by atoms with Crippen molar-refractivity contribution in [3.63, 3.8) is 0 Å². The van der Waals surface area contributed by atoms with Crippen molar-refractivity contribution >= 4 is 16.9 Å². The third kappa shape index (κ3) is 4.43. The van der Waals surface area contributed by atoms with Crippen molar-refractivity contribution in [1.82, 2.24) is 14.9 Å². The number of nitrogens with zero attached hydrogens (tertiary/aromatic N) is 3. The van der Waals surface area contributed by atoms with Crippen molar-refractivity contribution in [2.75, 3.05) is 7.11 Å². The Morgan fingerprint density at radius 3 is 2.53 bits per heavy atom. The molecule has 2 aromatic carbocycles. The molecule has 0 aliphatic heterocycles. The maximum absolute atomic E-state index is 13.7. The largest absolute Gasteiger partial charge is 0.497 e. The van der Waals surface area contributed by atoms with Gasteiger partial charge in [0.05, 0.1) is 7.11 Å². The summed E-state index contributed by atoms with van der Waals surface area (Å²) in [4.78, 5) is 23.6. The van der Waals surface area contributed by atoms with E-state index in [9.17, 15) is 9.18 Å². The fraction of sp³-hybridized carbons (Fsp3) is 0.125. The number of rotatable bonds is 6. The summed E-state index contributed by atoms with van der Waals surface area (Å²) < 4.78 is 18.9. The van der Waals surface area contributed by atoms with Crippen LogP contribution in [0.15, 0.2) is 79.0 Å². The molecule has 4 rings (SSSR count). The van der Waals surface area contributed by atoms with Crippen LogP contribution < -0.4 is 4.74 Å². The van der Waals surface area contributed by atoms with Crippen molar-refractivity contribution in [1.29, 1.82) is 0 Å². The first-order chi connectivity index (χ1) is 14.6. The molecular weight excluding hydrogens is 381 g/mol. The quantitative estimate of drug-likeness (QED) is 0.473. The number of fused-ring (bicyclic) bond motifs is 1. The fourth-order valence-electron chi connectivity index (χ4n) is 3.24. The lowest BCUT2D eigenvalue weighted by atomic mass is 10.1. The Morgan fingerprint density at radius 2 is 1.77 bits per heavy atom. The van der Waals surface area contributed by atoms with Crippen molar-refractivity contribution in [2.45, 2.75) is 13.1 Å². The van der Waals surface area contributed by atoms with Gasteiger partial charge in [-0.3, -0.25) is 4.79 Å². The minimum atomic E-state index is -0.336. The number of amides is 1. The molecule has 30 heavy (non-hydrogen) atoms. The lowest BCUT2D eigenvalue weighted by molar-refractivity contribution is 0.0724. The fourth-order valence-corrected chi connectivity index (χ4v) is 3.24. The predicted molar refractivity (Wildman–Crippen MR) is 113 cm³/mol. The highest BCUT2D eigenvalue weighted by atomic mass is 19.1. The number of hydrogen-bond donors (Lipinski definition) is 0. The Bertz CT molecular complexity index is 1180. The molecule has 6 heteroatoms. The molecule has 4 aromatic rings. The third-order valence-corrected chi connectivity index (χ3v) is 4.77. The smallest absolute Gasteiger partial charge is 0.273 e. The molecule has 0 spiro atoms. The highest BCUT2D eigenvalue weighted by Gasteiger charge is 2.19. The van der Waals surface area contributed by atoms with Gasteiger partial charge < -0.3 is 9.64 Å². The van der Waals surface area contributed by atoms with E-state index < -0.39 is 0 Å². The molecule has 5 nitrogen and oxygen atoms in total. The molecule has 0 saturated heterocycles. The third-order valence-electron chi connectivity index (χ3n) is 4.77. The van der Waals surface area contributed by atoms with Gasteiger partial charge in [-0.25, -0.2) is 14.4 Å². The average Bonchev–Trinajstić information content (AvgIpc) is 2.78. The van der Waals surface area contributed by atoms with Crippen LogP contribution in [0, 0.1) is 5.82 Å². The first-order valence-corrected chi connectivity index (χ1v) is 9.51. The summed E-state index contributed by atoms with van der Waals surface area (Å²) in [5.74, 6) is 0.157. The molecular formula is C24H20FN3O2.